The van der Waals surface area contributed by atoms with E-state index in [-0.39, 0.29) is 5.82 Å². The second-order valence-electron chi connectivity index (χ2n) is 4.22. The van der Waals surface area contributed by atoms with E-state index >= 15 is 0 Å². The highest BCUT2D eigenvalue weighted by Crippen LogP contribution is 2.21. The largest absolute Gasteiger partial charge is 0.480 e. The summed E-state index contributed by atoms with van der Waals surface area (Å²) in [5.74, 6) is -1.32. The zero-order valence-corrected chi connectivity index (χ0v) is 10.2. The molecule has 3 nitrogen and oxygen atoms in total. The van der Waals surface area contributed by atoms with Gasteiger partial charge in [0.1, 0.15) is 11.4 Å². The first kappa shape index (κ1) is 13.6. The maximum absolute atomic E-state index is 12.8. The van der Waals surface area contributed by atoms with Crippen LogP contribution in [0.1, 0.15) is 32.3 Å². The van der Waals surface area contributed by atoms with Gasteiger partial charge in [0.15, 0.2) is 0 Å². The number of carboxylic acid groups (broad SMARTS) is 1. The van der Waals surface area contributed by atoms with Crippen LogP contribution in [0.15, 0.2) is 24.3 Å². The van der Waals surface area contributed by atoms with E-state index < -0.39 is 11.5 Å². The molecule has 0 saturated carbocycles. The van der Waals surface area contributed by atoms with E-state index in [4.69, 9.17) is 0 Å². The number of unbranched alkanes of at least 4 members (excludes halogenated alkanes) is 1. The zero-order chi connectivity index (χ0) is 12.9. The predicted octanol–water partition coefficient (Wildman–Crippen LogP) is 2.52. The monoisotopic (exact) mass is 239 g/mol. The van der Waals surface area contributed by atoms with Crippen LogP contribution >= 0.6 is 0 Å². The first-order valence-corrected chi connectivity index (χ1v) is 5.75. The Hall–Kier alpha value is -1.42. The molecular formula is C13H18FNO2. The van der Waals surface area contributed by atoms with Crippen molar-refractivity contribution in [2.24, 2.45) is 0 Å². The fraction of sp³-hybridized carbons (Fsp3) is 0.462. The summed E-state index contributed by atoms with van der Waals surface area (Å²) in [5, 5.41) is 12.3. The lowest BCUT2D eigenvalue weighted by Gasteiger charge is -2.27. The summed E-state index contributed by atoms with van der Waals surface area (Å²) >= 11 is 0. The Morgan fingerprint density at radius 2 is 2.00 bits per heavy atom. The van der Waals surface area contributed by atoms with Gasteiger partial charge in [-0.2, -0.15) is 0 Å². The van der Waals surface area contributed by atoms with Crippen molar-refractivity contribution in [3.63, 3.8) is 0 Å². The molecule has 0 aliphatic heterocycles. The molecule has 17 heavy (non-hydrogen) atoms. The smallest absolute Gasteiger partial charge is 0.328 e. The lowest BCUT2D eigenvalue weighted by Crippen LogP contribution is -2.47. The van der Waals surface area contributed by atoms with Crippen LogP contribution in [0.4, 0.5) is 4.39 Å². The predicted molar refractivity (Wildman–Crippen MR) is 64.3 cm³/mol. The SMILES string of the molecule is CCCCNC(C)(C(=O)O)c1ccc(F)cc1. The molecule has 0 aromatic heterocycles. The number of carboxylic acids is 1. The minimum Gasteiger partial charge on any atom is -0.480 e. The molecule has 94 valence electrons. The highest BCUT2D eigenvalue weighted by molar-refractivity contribution is 5.80. The Kier molecular flexibility index (Phi) is 4.63. The van der Waals surface area contributed by atoms with Gasteiger partial charge in [-0.3, -0.25) is 5.32 Å². The lowest BCUT2D eigenvalue weighted by atomic mass is 9.92. The molecule has 1 aromatic rings. The maximum Gasteiger partial charge on any atom is 0.328 e. The molecule has 1 unspecified atom stereocenters. The number of aliphatic carboxylic acids is 1. The molecule has 0 amide bonds. The molecule has 0 saturated heterocycles. The quantitative estimate of drug-likeness (QED) is 0.750. The van der Waals surface area contributed by atoms with E-state index in [1.54, 1.807) is 6.92 Å². The number of hydrogen-bond acceptors (Lipinski definition) is 2. The van der Waals surface area contributed by atoms with Crippen LogP contribution in [0.2, 0.25) is 0 Å². The van der Waals surface area contributed by atoms with Crippen LogP contribution in [0.25, 0.3) is 0 Å². The number of halogens is 1. The fourth-order valence-electron chi connectivity index (χ4n) is 1.60. The maximum atomic E-state index is 12.8. The number of benzene rings is 1. The third-order valence-corrected chi connectivity index (χ3v) is 2.86. The third kappa shape index (κ3) is 3.27. The summed E-state index contributed by atoms with van der Waals surface area (Å²) < 4.78 is 12.8. The van der Waals surface area contributed by atoms with Crippen molar-refractivity contribution in [3.8, 4) is 0 Å². The van der Waals surface area contributed by atoms with Gasteiger partial charge < -0.3 is 5.11 Å². The van der Waals surface area contributed by atoms with E-state index in [2.05, 4.69) is 5.32 Å². The average Bonchev–Trinajstić information content (AvgIpc) is 2.29. The van der Waals surface area contributed by atoms with Crippen LogP contribution in [-0.4, -0.2) is 17.6 Å². The van der Waals surface area contributed by atoms with Gasteiger partial charge in [-0.25, -0.2) is 9.18 Å². The number of carbonyl (C=O) groups is 1. The number of hydrogen-bond donors (Lipinski definition) is 2. The Balaban J connectivity index is 2.90. The molecule has 4 heteroatoms. The Morgan fingerprint density at radius 3 is 2.47 bits per heavy atom. The van der Waals surface area contributed by atoms with Gasteiger partial charge in [-0.1, -0.05) is 25.5 Å². The van der Waals surface area contributed by atoms with E-state index in [1.165, 1.54) is 24.3 Å². The van der Waals surface area contributed by atoms with Gasteiger partial charge in [0.25, 0.3) is 0 Å². The molecule has 2 N–H and O–H groups in total. The lowest BCUT2D eigenvalue weighted by molar-refractivity contribution is -0.144. The number of rotatable bonds is 6. The molecular weight excluding hydrogens is 221 g/mol. The first-order valence-electron chi connectivity index (χ1n) is 5.75. The molecule has 1 atom stereocenters. The summed E-state index contributed by atoms with van der Waals surface area (Å²) in [7, 11) is 0. The summed E-state index contributed by atoms with van der Waals surface area (Å²) in [4.78, 5) is 11.3. The molecule has 1 rings (SSSR count). The average molecular weight is 239 g/mol. The van der Waals surface area contributed by atoms with Gasteiger partial charge in [0.2, 0.25) is 0 Å². The van der Waals surface area contributed by atoms with E-state index in [1.807, 2.05) is 6.92 Å². The van der Waals surface area contributed by atoms with Crippen molar-refractivity contribution in [2.75, 3.05) is 6.54 Å². The third-order valence-electron chi connectivity index (χ3n) is 2.86. The summed E-state index contributed by atoms with van der Waals surface area (Å²) in [6.45, 7) is 4.26. The van der Waals surface area contributed by atoms with Gasteiger partial charge in [0, 0.05) is 0 Å². The molecule has 0 aliphatic carbocycles. The highest BCUT2D eigenvalue weighted by Gasteiger charge is 2.34. The van der Waals surface area contributed by atoms with Gasteiger partial charge in [-0.15, -0.1) is 0 Å². The van der Waals surface area contributed by atoms with Crippen molar-refractivity contribution in [1.29, 1.82) is 0 Å². The first-order chi connectivity index (χ1) is 8.00. The molecule has 0 aliphatic rings. The topological polar surface area (TPSA) is 49.3 Å². The van der Waals surface area contributed by atoms with Crippen molar-refractivity contribution >= 4 is 5.97 Å². The van der Waals surface area contributed by atoms with Crippen molar-refractivity contribution in [1.82, 2.24) is 5.32 Å². The fourth-order valence-corrected chi connectivity index (χ4v) is 1.60. The Bertz CT molecular complexity index is 378. The Labute approximate surface area is 101 Å². The molecule has 0 heterocycles. The number of nitrogens with one attached hydrogen (secondary N) is 1. The second-order valence-corrected chi connectivity index (χ2v) is 4.22. The van der Waals surface area contributed by atoms with Crippen LogP contribution in [0.3, 0.4) is 0 Å². The van der Waals surface area contributed by atoms with Gasteiger partial charge >= 0.3 is 5.97 Å². The van der Waals surface area contributed by atoms with Crippen molar-refractivity contribution < 1.29 is 14.3 Å². The minimum atomic E-state index is -1.16. The van der Waals surface area contributed by atoms with E-state index in [0.717, 1.165) is 12.8 Å². The standard InChI is InChI=1S/C13H18FNO2/c1-3-4-9-15-13(2,12(16)17)10-5-7-11(14)8-6-10/h5-8,15H,3-4,9H2,1-2H3,(H,16,17). The summed E-state index contributed by atoms with van der Waals surface area (Å²) in [5.41, 5.74) is -0.606. The van der Waals surface area contributed by atoms with Crippen LogP contribution in [0, 0.1) is 5.82 Å². The minimum absolute atomic E-state index is 0.366. The van der Waals surface area contributed by atoms with Gasteiger partial charge in [0.05, 0.1) is 0 Å². The second kappa shape index (κ2) is 5.77. The zero-order valence-electron chi connectivity index (χ0n) is 10.2. The molecule has 0 radical (unpaired) electrons. The van der Waals surface area contributed by atoms with Crippen molar-refractivity contribution in [2.45, 2.75) is 32.2 Å². The Morgan fingerprint density at radius 1 is 1.41 bits per heavy atom. The van der Waals surface area contributed by atoms with E-state index in [0.29, 0.717) is 12.1 Å². The summed E-state index contributed by atoms with van der Waals surface area (Å²) in [6.07, 6.45) is 1.90. The molecule has 0 bridgehead atoms. The van der Waals surface area contributed by atoms with Crippen LogP contribution in [-0.2, 0) is 10.3 Å². The molecule has 0 spiro atoms. The molecule has 1 aromatic carbocycles. The highest BCUT2D eigenvalue weighted by atomic mass is 19.1. The molecule has 0 fully saturated rings. The van der Waals surface area contributed by atoms with Crippen LogP contribution in [0.5, 0.6) is 0 Å². The van der Waals surface area contributed by atoms with Gasteiger partial charge in [-0.05, 0) is 37.6 Å². The van der Waals surface area contributed by atoms with Crippen molar-refractivity contribution in [3.05, 3.63) is 35.6 Å². The van der Waals surface area contributed by atoms with Crippen LogP contribution < -0.4 is 5.32 Å². The van der Waals surface area contributed by atoms with E-state index in [9.17, 15) is 14.3 Å². The summed E-state index contributed by atoms with van der Waals surface area (Å²) in [6, 6.07) is 5.56. The normalized spacial score (nSPS) is 14.3.